The number of methoxy groups -OCH3 is 1. The van der Waals surface area contributed by atoms with Crippen LogP contribution in [0.3, 0.4) is 0 Å². The van der Waals surface area contributed by atoms with Crippen LogP contribution in [0.15, 0.2) is 5.38 Å². The minimum absolute atomic E-state index is 0.103. The molecule has 0 radical (unpaired) electrons. The van der Waals surface area contributed by atoms with E-state index in [1.54, 1.807) is 7.11 Å². The van der Waals surface area contributed by atoms with Crippen LogP contribution >= 0.6 is 11.3 Å². The molecule has 0 aromatic carbocycles. The first-order valence-electron chi connectivity index (χ1n) is 3.43. The van der Waals surface area contributed by atoms with Gasteiger partial charge in [0.05, 0.1) is 12.3 Å². The Morgan fingerprint density at radius 1 is 1.83 bits per heavy atom. The Kier molecular flexibility index (Phi) is 3.19. The van der Waals surface area contributed by atoms with E-state index >= 15 is 0 Å². The van der Waals surface area contributed by atoms with Gasteiger partial charge < -0.3 is 10.1 Å². The third kappa shape index (κ3) is 2.60. The van der Waals surface area contributed by atoms with Gasteiger partial charge in [-0.25, -0.2) is 4.98 Å². The van der Waals surface area contributed by atoms with E-state index < -0.39 is 0 Å². The largest absolute Gasteiger partial charge is 0.378 e. The van der Waals surface area contributed by atoms with Crippen molar-refractivity contribution in [2.24, 2.45) is 0 Å². The van der Waals surface area contributed by atoms with Crippen molar-refractivity contribution < 1.29 is 9.53 Å². The quantitative estimate of drug-likeness (QED) is 0.772. The Bertz CT molecular complexity index is 272. The summed E-state index contributed by atoms with van der Waals surface area (Å²) in [6, 6.07) is 0. The summed E-state index contributed by atoms with van der Waals surface area (Å²) in [5.74, 6) is -0.103. The molecule has 5 heteroatoms. The van der Waals surface area contributed by atoms with E-state index in [4.69, 9.17) is 4.74 Å². The lowest BCUT2D eigenvalue weighted by molar-refractivity contribution is -0.114. The minimum atomic E-state index is -0.103. The van der Waals surface area contributed by atoms with E-state index in [9.17, 15) is 4.79 Å². The van der Waals surface area contributed by atoms with Crippen LogP contribution in [-0.2, 0) is 16.1 Å². The highest BCUT2D eigenvalue weighted by molar-refractivity contribution is 7.13. The van der Waals surface area contributed by atoms with E-state index in [2.05, 4.69) is 10.3 Å². The molecule has 66 valence electrons. The van der Waals surface area contributed by atoms with Crippen LogP contribution in [0.4, 0.5) is 5.13 Å². The van der Waals surface area contributed by atoms with Crippen LogP contribution in [0.1, 0.15) is 12.6 Å². The van der Waals surface area contributed by atoms with Gasteiger partial charge in [-0.3, -0.25) is 4.79 Å². The molecule has 0 aliphatic rings. The topological polar surface area (TPSA) is 51.2 Å². The second-order valence-electron chi connectivity index (χ2n) is 2.26. The van der Waals surface area contributed by atoms with E-state index in [-0.39, 0.29) is 5.91 Å². The fraction of sp³-hybridized carbons (Fsp3) is 0.429. The number of hydrogen-bond donors (Lipinski definition) is 1. The standard InChI is InChI=1S/C7H10N2O2S/c1-5(10)8-7-9-6(3-11-2)4-12-7/h4H,3H2,1-2H3,(H,8,9,10). The molecule has 12 heavy (non-hydrogen) atoms. The zero-order valence-corrected chi connectivity index (χ0v) is 7.77. The Balaban J connectivity index is 2.58. The molecule has 1 heterocycles. The van der Waals surface area contributed by atoms with Gasteiger partial charge in [0.1, 0.15) is 0 Å². The van der Waals surface area contributed by atoms with Crippen LogP contribution in [0.5, 0.6) is 0 Å². The number of rotatable bonds is 3. The van der Waals surface area contributed by atoms with E-state index in [1.165, 1.54) is 18.3 Å². The van der Waals surface area contributed by atoms with E-state index in [1.807, 2.05) is 5.38 Å². The molecule has 1 aromatic rings. The number of nitrogens with zero attached hydrogens (tertiary/aromatic N) is 1. The summed E-state index contributed by atoms with van der Waals surface area (Å²) in [5.41, 5.74) is 0.839. The average Bonchev–Trinajstić information content (AvgIpc) is 2.36. The minimum Gasteiger partial charge on any atom is -0.378 e. The maximum Gasteiger partial charge on any atom is 0.223 e. The second-order valence-corrected chi connectivity index (χ2v) is 3.12. The fourth-order valence-electron chi connectivity index (χ4n) is 0.729. The molecule has 0 bridgehead atoms. The van der Waals surface area contributed by atoms with E-state index in [0.717, 1.165) is 5.69 Å². The van der Waals surface area contributed by atoms with Crippen molar-refractivity contribution in [3.8, 4) is 0 Å². The zero-order chi connectivity index (χ0) is 8.97. The third-order valence-corrected chi connectivity index (χ3v) is 1.93. The Labute approximate surface area is 74.6 Å². The second kappa shape index (κ2) is 4.18. The van der Waals surface area contributed by atoms with Gasteiger partial charge in [-0.2, -0.15) is 0 Å². The first-order valence-corrected chi connectivity index (χ1v) is 4.31. The number of carbonyl (C=O) groups is 1. The predicted molar refractivity (Wildman–Crippen MR) is 47.1 cm³/mol. The summed E-state index contributed by atoms with van der Waals surface area (Å²) in [5, 5.41) is 5.07. The molecule has 0 spiro atoms. The highest BCUT2D eigenvalue weighted by Gasteiger charge is 2.01. The molecule has 0 atom stereocenters. The van der Waals surface area contributed by atoms with Crippen molar-refractivity contribution in [2.45, 2.75) is 13.5 Å². The first kappa shape index (κ1) is 9.15. The fourth-order valence-corrected chi connectivity index (χ4v) is 1.47. The number of nitrogens with one attached hydrogen (secondary N) is 1. The van der Waals surface area contributed by atoms with Crippen molar-refractivity contribution in [3.63, 3.8) is 0 Å². The van der Waals surface area contributed by atoms with Crippen LogP contribution in [0, 0.1) is 0 Å². The molecule has 0 saturated heterocycles. The van der Waals surface area contributed by atoms with Crippen molar-refractivity contribution in [3.05, 3.63) is 11.1 Å². The van der Waals surface area contributed by atoms with Crippen molar-refractivity contribution in [1.82, 2.24) is 4.98 Å². The molecule has 0 aliphatic carbocycles. The summed E-state index contributed by atoms with van der Waals surface area (Å²) < 4.78 is 4.88. The highest BCUT2D eigenvalue weighted by Crippen LogP contribution is 2.15. The summed E-state index contributed by atoms with van der Waals surface area (Å²) in [4.78, 5) is 14.7. The number of hydrogen-bond acceptors (Lipinski definition) is 4. The molecule has 0 unspecified atom stereocenters. The highest BCUT2D eigenvalue weighted by atomic mass is 32.1. The molecule has 1 N–H and O–H groups in total. The SMILES string of the molecule is COCc1csc(NC(C)=O)n1. The van der Waals surface area contributed by atoms with Gasteiger partial charge in [0.25, 0.3) is 0 Å². The normalized spacial score (nSPS) is 9.83. The number of anilines is 1. The smallest absolute Gasteiger partial charge is 0.223 e. The van der Waals surface area contributed by atoms with Crippen molar-refractivity contribution in [2.75, 3.05) is 12.4 Å². The number of amides is 1. The zero-order valence-electron chi connectivity index (χ0n) is 6.96. The molecular weight excluding hydrogens is 176 g/mol. The Hall–Kier alpha value is -0.940. The maximum atomic E-state index is 10.6. The predicted octanol–water partition coefficient (Wildman–Crippen LogP) is 1.25. The summed E-state index contributed by atoms with van der Waals surface area (Å²) in [7, 11) is 1.61. The monoisotopic (exact) mass is 186 g/mol. The molecule has 1 rings (SSSR count). The van der Waals surface area contributed by atoms with Crippen LogP contribution in [0.25, 0.3) is 0 Å². The average molecular weight is 186 g/mol. The maximum absolute atomic E-state index is 10.6. The third-order valence-electron chi connectivity index (χ3n) is 1.13. The molecule has 1 amide bonds. The van der Waals surface area contributed by atoms with Crippen molar-refractivity contribution in [1.29, 1.82) is 0 Å². The van der Waals surface area contributed by atoms with Gasteiger partial charge in [0.15, 0.2) is 5.13 Å². The van der Waals surface area contributed by atoms with Gasteiger partial charge in [0.2, 0.25) is 5.91 Å². The molecule has 0 fully saturated rings. The molecular formula is C7H10N2O2S. The van der Waals surface area contributed by atoms with Crippen LogP contribution in [-0.4, -0.2) is 18.0 Å². The van der Waals surface area contributed by atoms with Gasteiger partial charge >= 0.3 is 0 Å². The number of ether oxygens (including phenoxy) is 1. The van der Waals surface area contributed by atoms with Crippen molar-refractivity contribution >= 4 is 22.4 Å². The van der Waals surface area contributed by atoms with Gasteiger partial charge in [0, 0.05) is 19.4 Å². The van der Waals surface area contributed by atoms with Gasteiger partial charge in [-0.15, -0.1) is 11.3 Å². The number of thiazole rings is 1. The Morgan fingerprint density at radius 3 is 3.17 bits per heavy atom. The first-order chi connectivity index (χ1) is 5.72. The lowest BCUT2D eigenvalue weighted by Gasteiger charge is -1.93. The lowest BCUT2D eigenvalue weighted by atomic mass is 10.5. The van der Waals surface area contributed by atoms with Crippen LogP contribution < -0.4 is 5.32 Å². The summed E-state index contributed by atoms with van der Waals surface area (Å²) in [6.07, 6.45) is 0. The molecule has 4 nitrogen and oxygen atoms in total. The molecule has 1 aromatic heterocycles. The van der Waals surface area contributed by atoms with Gasteiger partial charge in [-0.05, 0) is 0 Å². The van der Waals surface area contributed by atoms with Gasteiger partial charge in [-0.1, -0.05) is 0 Å². The summed E-state index contributed by atoms with van der Waals surface area (Å²) >= 11 is 1.39. The van der Waals surface area contributed by atoms with Crippen LogP contribution in [0.2, 0.25) is 0 Å². The molecule has 0 saturated carbocycles. The number of aromatic nitrogens is 1. The van der Waals surface area contributed by atoms with E-state index in [0.29, 0.717) is 11.7 Å². The number of carbonyl (C=O) groups excluding carboxylic acids is 1. The lowest BCUT2D eigenvalue weighted by Crippen LogP contribution is -2.05. The summed E-state index contributed by atoms with van der Waals surface area (Å²) in [6.45, 7) is 1.94. The Morgan fingerprint density at radius 2 is 2.58 bits per heavy atom. The molecule has 0 aliphatic heterocycles.